The van der Waals surface area contributed by atoms with Gasteiger partial charge in [-0.15, -0.1) is 0 Å². The number of carbonyl (C=O) groups excluding carboxylic acids is 2. The highest BCUT2D eigenvalue weighted by molar-refractivity contribution is 5.76. The molecule has 0 spiro atoms. The van der Waals surface area contributed by atoms with E-state index < -0.39 is 0 Å². The smallest absolute Gasteiger partial charge is 0.243 e. The Morgan fingerprint density at radius 3 is 2.89 bits per heavy atom. The zero-order valence-corrected chi connectivity index (χ0v) is 5.22. The molecule has 0 atom stereocenters. The molecule has 0 aromatic carbocycles. The molecule has 1 amide bonds. The normalized spacial score (nSPS) is 8.56. The van der Waals surface area contributed by atoms with Crippen LogP contribution in [0.2, 0.25) is 0 Å². The first-order valence-corrected chi connectivity index (χ1v) is 2.56. The fourth-order valence-electron chi connectivity index (χ4n) is 0.355. The largest absolute Gasteiger partial charge is 0.303 e. The number of hydroxylamine groups is 1. The third kappa shape index (κ3) is 4.96. The second-order valence-corrected chi connectivity index (χ2v) is 1.43. The summed E-state index contributed by atoms with van der Waals surface area (Å²) in [7, 11) is 1.35. The molecule has 0 aromatic heterocycles. The van der Waals surface area contributed by atoms with Crippen LogP contribution in [0.5, 0.6) is 0 Å². The molecule has 0 radical (unpaired) electrons. The first-order valence-electron chi connectivity index (χ1n) is 2.56. The van der Waals surface area contributed by atoms with Gasteiger partial charge in [0.15, 0.2) is 0 Å². The summed E-state index contributed by atoms with van der Waals surface area (Å²) in [4.78, 5) is 24.4. The lowest BCUT2D eigenvalue weighted by molar-refractivity contribution is -0.132. The summed E-state index contributed by atoms with van der Waals surface area (Å²) in [6, 6.07) is 0. The minimum Gasteiger partial charge on any atom is -0.303 e. The SMILES string of the molecule is CONC(=O)CCC=O. The zero-order chi connectivity index (χ0) is 7.11. The van der Waals surface area contributed by atoms with E-state index in [0.717, 1.165) is 0 Å². The standard InChI is InChI=1S/C5H9NO3/c1-9-6-5(8)3-2-4-7/h4H,2-3H2,1H3,(H,6,8). The van der Waals surface area contributed by atoms with Crippen molar-refractivity contribution in [3.05, 3.63) is 0 Å². The molecule has 0 unspecified atom stereocenters. The van der Waals surface area contributed by atoms with Gasteiger partial charge >= 0.3 is 0 Å². The molecule has 9 heavy (non-hydrogen) atoms. The number of carbonyl (C=O) groups is 2. The van der Waals surface area contributed by atoms with Gasteiger partial charge in [-0.2, -0.15) is 0 Å². The van der Waals surface area contributed by atoms with Crippen LogP contribution in [0, 0.1) is 0 Å². The molecular formula is C5H9NO3. The Morgan fingerprint density at radius 2 is 2.44 bits per heavy atom. The lowest BCUT2D eigenvalue weighted by Gasteiger charge is -1.96. The van der Waals surface area contributed by atoms with Crippen molar-refractivity contribution in [1.82, 2.24) is 5.48 Å². The molecule has 0 aromatic rings. The summed E-state index contributed by atoms with van der Waals surface area (Å²) in [6.07, 6.45) is 1.13. The first kappa shape index (κ1) is 8.10. The monoisotopic (exact) mass is 131 g/mol. The summed E-state index contributed by atoms with van der Waals surface area (Å²) in [5, 5.41) is 0. The van der Waals surface area contributed by atoms with Gasteiger partial charge in [-0.1, -0.05) is 0 Å². The van der Waals surface area contributed by atoms with Gasteiger partial charge in [0.2, 0.25) is 5.91 Å². The van der Waals surface area contributed by atoms with Crippen LogP contribution in [0.15, 0.2) is 0 Å². The molecule has 0 fully saturated rings. The molecule has 0 aliphatic rings. The van der Waals surface area contributed by atoms with Gasteiger partial charge in [0.05, 0.1) is 7.11 Å². The lowest BCUT2D eigenvalue weighted by Crippen LogP contribution is -2.21. The fraction of sp³-hybridized carbons (Fsp3) is 0.600. The molecular weight excluding hydrogens is 122 g/mol. The average Bonchev–Trinajstić information content (AvgIpc) is 1.85. The molecule has 0 bridgehead atoms. The second-order valence-electron chi connectivity index (χ2n) is 1.43. The molecule has 0 aliphatic carbocycles. The van der Waals surface area contributed by atoms with E-state index >= 15 is 0 Å². The number of hydrogen-bond donors (Lipinski definition) is 1. The third-order valence-electron chi connectivity index (χ3n) is 0.705. The summed E-state index contributed by atoms with van der Waals surface area (Å²) in [5.74, 6) is -0.274. The molecule has 1 N–H and O–H groups in total. The van der Waals surface area contributed by atoms with Crippen LogP contribution in [0.4, 0.5) is 0 Å². The van der Waals surface area contributed by atoms with Crippen molar-refractivity contribution in [2.24, 2.45) is 0 Å². The maximum absolute atomic E-state index is 10.4. The lowest BCUT2D eigenvalue weighted by atomic mass is 10.3. The van der Waals surface area contributed by atoms with Gasteiger partial charge in [-0.05, 0) is 0 Å². The molecule has 4 heteroatoms. The van der Waals surface area contributed by atoms with Crippen molar-refractivity contribution in [3.63, 3.8) is 0 Å². The highest BCUT2D eigenvalue weighted by Crippen LogP contribution is 1.82. The molecule has 52 valence electrons. The van der Waals surface area contributed by atoms with Crippen LogP contribution < -0.4 is 5.48 Å². The number of rotatable bonds is 4. The van der Waals surface area contributed by atoms with E-state index in [1.807, 2.05) is 0 Å². The molecule has 4 nitrogen and oxygen atoms in total. The van der Waals surface area contributed by atoms with E-state index in [2.05, 4.69) is 10.3 Å². The predicted molar refractivity (Wildman–Crippen MR) is 30.4 cm³/mol. The third-order valence-corrected chi connectivity index (χ3v) is 0.705. The van der Waals surface area contributed by atoms with Crippen LogP contribution in [0.25, 0.3) is 0 Å². The summed E-state index contributed by atoms with van der Waals surface area (Å²) < 4.78 is 0. The van der Waals surface area contributed by atoms with Gasteiger partial charge < -0.3 is 4.79 Å². The second kappa shape index (κ2) is 5.24. The van der Waals surface area contributed by atoms with Crippen molar-refractivity contribution in [2.45, 2.75) is 12.8 Å². The van der Waals surface area contributed by atoms with E-state index in [-0.39, 0.29) is 18.7 Å². The Morgan fingerprint density at radius 1 is 1.78 bits per heavy atom. The van der Waals surface area contributed by atoms with E-state index in [1.165, 1.54) is 7.11 Å². The maximum Gasteiger partial charge on any atom is 0.243 e. The highest BCUT2D eigenvalue weighted by Gasteiger charge is 1.96. The Labute approximate surface area is 53.1 Å². The van der Waals surface area contributed by atoms with Crippen molar-refractivity contribution in [1.29, 1.82) is 0 Å². The zero-order valence-electron chi connectivity index (χ0n) is 5.22. The molecule has 0 saturated heterocycles. The van der Waals surface area contributed by atoms with Crippen LogP contribution in [-0.2, 0) is 14.4 Å². The maximum atomic E-state index is 10.4. The number of hydrogen-bond acceptors (Lipinski definition) is 3. The summed E-state index contributed by atoms with van der Waals surface area (Å²) in [5.41, 5.74) is 2.08. The minimum atomic E-state index is -0.274. The van der Waals surface area contributed by atoms with Gasteiger partial charge in [-0.3, -0.25) is 9.63 Å². The molecule has 0 aliphatic heterocycles. The van der Waals surface area contributed by atoms with Gasteiger partial charge in [-0.25, -0.2) is 5.48 Å². The average molecular weight is 131 g/mol. The van der Waals surface area contributed by atoms with E-state index in [0.29, 0.717) is 6.29 Å². The number of aldehydes is 1. The Balaban J connectivity index is 3.16. The first-order chi connectivity index (χ1) is 4.31. The van der Waals surface area contributed by atoms with Gasteiger partial charge in [0, 0.05) is 12.8 Å². The van der Waals surface area contributed by atoms with E-state index in [4.69, 9.17) is 0 Å². The number of nitrogens with one attached hydrogen (secondary N) is 1. The van der Waals surface area contributed by atoms with Crippen molar-refractivity contribution in [2.75, 3.05) is 7.11 Å². The quantitative estimate of drug-likeness (QED) is 0.419. The summed E-state index contributed by atoms with van der Waals surface area (Å²) in [6.45, 7) is 0. The number of amides is 1. The van der Waals surface area contributed by atoms with Crippen LogP contribution in [0.3, 0.4) is 0 Å². The van der Waals surface area contributed by atoms with Crippen molar-refractivity contribution < 1.29 is 14.4 Å². The summed E-state index contributed by atoms with van der Waals surface area (Å²) >= 11 is 0. The molecule has 0 saturated carbocycles. The van der Waals surface area contributed by atoms with Crippen molar-refractivity contribution in [3.8, 4) is 0 Å². The van der Waals surface area contributed by atoms with Gasteiger partial charge in [0.25, 0.3) is 0 Å². The predicted octanol–water partition coefficient (Wildman–Crippen LogP) is -0.357. The minimum absolute atomic E-state index is 0.192. The van der Waals surface area contributed by atoms with Crippen LogP contribution >= 0.6 is 0 Å². The van der Waals surface area contributed by atoms with Crippen LogP contribution in [-0.4, -0.2) is 19.3 Å². The highest BCUT2D eigenvalue weighted by atomic mass is 16.6. The van der Waals surface area contributed by atoms with E-state index in [9.17, 15) is 9.59 Å². The molecule has 0 heterocycles. The van der Waals surface area contributed by atoms with Crippen LogP contribution in [0.1, 0.15) is 12.8 Å². The fourth-order valence-corrected chi connectivity index (χ4v) is 0.355. The molecule has 0 rings (SSSR count). The Kier molecular flexibility index (Phi) is 4.72. The topological polar surface area (TPSA) is 55.4 Å². The van der Waals surface area contributed by atoms with E-state index in [1.54, 1.807) is 0 Å². The Hall–Kier alpha value is -0.900. The Bertz CT molecular complexity index is 102. The van der Waals surface area contributed by atoms with Gasteiger partial charge in [0.1, 0.15) is 6.29 Å². The van der Waals surface area contributed by atoms with Crippen molar-refractivity contribution >= 4 is 12.2 Å².